The van der Waals surface area contributed by atoms with E-state index in [0.717, 1.165) is 38.6 Å². The second-order valence-electron chi connectivity index (χ2n) is 11.4. The summed E-state index contributed by atoms with van der Waals surface area (Å²) in [6.07, 6.45) is 13.1. The molecule has 0 radical (unpaired) electrons. The SMILES string of the molecule is C#Cc1c(F)ccc2cccc(-c3ncc4c(N5CCCCC(NC(=O)C=C)C5)nc(OC[C@@H]5CCCN5C)nc4c3F)c12. The molecule has 44 heavy (non-hydrogen) atoms. The first-order valence-corrected chi connectivity index (χ1v) is 14.9. The van der Waals surface area contributed by atoms with Crippen LogP contribution in [0.25, 0.3) is 32.9 Å². The first kappa shape index (κ1) is 29.5. The molecule has 0 aliphatic carbocycles. The number of likely N-dealkylation sites (N-methyl/N-ethyl adjacent to an activating group) is 1. The Hall–Kier alpha value is -4.62. The molecule has 0 saturated carbocycles. The molecular weight excluding hydrogens is 562 g/mol. The summed E-state index contributed by atoms with van der Waals surface area (Å²) in [5, 5.41) is 4.49. The van der Waals surface area contributed by atoms with Gasteiger partial charge in [-0.15, -0.1) is 6.42 Å². The lowest BCUT2D eigenvalue weighted by Gasteiger charge is -2.27. The second kappa shape index (κ2) is 12.5. The molecule has 2 aliphatic rings. The number of anilines is 1. The molecule has 1 N–H and O–H groups in total. The minimum atomic E-state index is -0.681. The van der Waals surface area contributed by atoms with Gasteiger partial charge in [-0.3, -0.25) is 9.78 Å². The fourth-order valence-electron chi connectivity index (χ4n) is 6.28. The van der Waals surface area contributed by atoms with Gasteiger partial charge in [-0.05, 0) is 63.2 Å². The van der Waals surface area contributed by atoms with Crippen molar-refractivity contribution in [3.8, 4) is 29.6 Å². The molecule has 2 aromatic carbocycles. The van der Waals surface area contributed by atoms with Crippen LogP contribution in [0.1, 0.15) is 37.7 Å². The smallest absolute Gasteiger partial charge is 0.319 e. The van der Waals surface area contributed by atoms with Gasteiger partial charge in [0, 0.05) is 42.3 Å². The Labute approximate surface area is 255 Å². The number of hydrogen-bond acceptors (Lipinski definition) is 7. The van der Waals surface area contributed by atoms with Crippen molar-refractivity contribution < 1.29 is 18.3 Å². The van der Waals surface area contributed by atoms with Crippen molar-refractivity contribution in [3.63, 3.8) is 0 Å². The van der Waals surface area contributed by atoms with Gasteiger partial charge in [0.25, 0.3) is 0 Å². The Balaban J connectivity index is 1.48. The van der Waals surface area contributed by atoms with E-state index in [9.17, 15) is 9.18 Å². The third-order valence-electron chi connectivity index (χ3n) is 8.62. The van der Waals surface area contributed by atoms with Crippen LogP contribution in [0.2, 0.25) is 0 Å². The average molecular weight is 597 g/mol. The molecule has 2 aromatic heterocycles. The maximum atomic E-state index is 16.7. The van der Waals surface area contributed by atoms with Gasteiger partial charge in [-0.1, -0.05) is 36.8 Å². The maximum Gasteiger partial charge on any atom is 0.319 e. The molecule has 8 nitrogen and oxygen atoms in total. The van der Waals surface area contributed by atoms with Gasteiger partial charge < -0.3 is 19.9 Å². The van der Waals surface area contributed by atoms with Gasteiger partial charge >= 0.3 is 6.01 Å². The number of nitrogens with zero attached hydrogens (tertiary/aromatic N) is 5. The van der Waals surface area contributed by atoms with E-state index in [4.69, 9.17) is 16.1 Å². The predicted octanol–water partition coefficient (Wildman–Crippen LogP) is 5.24. The quantitative estimate of drug-likeness (QED) is 0.231. The molecule has 1 amide bonds. The van der Waals surface area contributed by atoms with Gasteiger partial charge in [-0.2, -0.15) is 9.97 Å². The molecule has 1 unspecified atom stereocenters. The molecule has 10 heteroatoms. The summed E-state index contributed by atoms with van der Waals surface area (Å²) in [5.41, 5.74) is 0.459. The number of carbonyl (C=O) groups is 1. The molecule has 0 spiro atoms. The number of halogens is 2. The number of fused-ring (bicyclic) bond motifs is 2. The Bertz CT molecular complexity index is 1790. The number of ether oxygens (including phenoxy) is 1. The number of amides is 1. The minimum absolute atomic E-state index is 0.00307. The van der Waals surface area contributed by atoms with Crippen LogP contribution in [-0.2, 0) is 4.79 Å². The first-order valence-electron chi connectivity index (χ1n) is 14.9. The summed E-state index contributed by atoms with van der Waals surface area (Å²) < 4.78 is 37.6. The van der Waals surface area contributed by atoms with E-state index in [1.54, 1.807) is 30.5 Å². The normalized spacial score (nSPS) is 19.1. The number of carbonyl (C=O) groups excluding carboxylic acids is 1. The van der Waals surface area contributed by atoms with Crippen LogP contribution in [-0.4, -0.2) is 71.1 Å². The van der Waals surface area contributed by atoms with Crippen LogP contribution >= 0.6 is 0 Å². The number of terminal acetylenes is 1. The summed E-state index contributed by atoms with van der Waals surface area (Å²) >= 11 is 0. The lowest BCUT2D eigenvalue weighted by atomic mass is 9.96. The monoisotopic (exact) mass is 596 g/mol. The molecule has 2 fully saturated rings. The molecule has 2 aliphatic heterocycles. The number of likely N-dealkylation sites (tertiary alicyclic amines) is 1. The zero-order chi connectivity index (χ0) is 30.8. The number of aromatic nitrogens is 3. The molecule has 226 valence electrons. The van der Waals surface area contributed by atoms with E-state index >= 15 is 4.39 Å². The number of rotatable bonds is 7. The van der Waals surface area contributed by atoms with Crippen molar-refractivity contribution in [2.45, 2.75) is 44.2 Å². The largest absolute Gasteiger partial charge is 0.462 e. The molecule has 2 saturated heterocycles. The Morgan fingerprint density at radius 3 is 2.82 bits per heavy atom. The molecule has 0 bridgehead atoms. The average Bonchev–Trinajstić information content (AvgIpc) is 3.30. The predicted molar refractivity (Wildman–Crippen MR) is 167 cm³/mol. The number of nitrogens with one attached hydrogen (secondary N) is 1. The Morgan fingerprint density at radius 2 is 2.05 bits per heavy atom. The van der Waals surface area contributed by atoms with Crippen LogP contribution in [0.3, 0.4) is 0 Å². The minimum Gasteiger partial charge on any atom is -0.462 e. The van der Waals surface area contributed by atoms with E-state index in [2.05, 4.69) is 39.7 Å². The van der Waals surface area contributed by atoms with E-state index < -0.39 is 11.6 Å². The first-order chi connectivity index (χ1) is 21.4. The fraction of sp³-hybridized carbons (Fsp3) is 0.353. The summed E-state index contributed by atoms with van der Waals surface area (Å²) in [7, 11) is 2.05. The Morgan fingerprint density at radius 1 is 1.18 bits per heavy atom. The Kier molecular flexibility index (Phi) is 8.40. The van der Waals surface area contributed by atoms with E-state index in [1.165, 1.54) is 12.1 Å². The van der Waals surface area contributed by atoms with Gasteiger partial charge in [0.2, 0.25) is 5.91 Å². The molecule has 4 heterocycles. The van der Waals surface area contributed by atoms with Gasteiger partial charge in [0.1, 0.15) is 29.5 Å². The highest BCUT2D eigenvalue weighted by Gasteiger charge is 2.27. The van der Waals surface area contributed by atoms with Crippen molar-refractivity contribution in [1.82, 2.24) is 25.2 Å². The molecular formula is C34H34F2N6O2. The molecule has 6 rings (SSSR count). The third-order valence-corrected chi connectivity index (χ3v) is 8.62. The lowest BCUT2D eigenvalue weighted by Crippen LogP contribution is -2.42. The van der Waals surface area contributed by atoms with Gasteiger partial charge in [-0.25, -0.2) is 8.78 Å². The van der Waals surface area contributed by atoms with E-state index in [0.29, 0.717) is 47.2 Å². The number of pyridine rings is 1. The highest BCUT2D eigenvalue weighted by atomic mass is 19.1. The van der Waals surface area contributed by atoms with Crippen LogP contribution < -0.4 is 15.0 Å². The number of benzene rings is 2. The zero-order valence-electron chi connectivity index (χ0n) is 24.7. The summed E-state index contributed by atoms with van der Waals surface area (Å²) in [6.45, 7) is 6.03. The van der Waals surface area contributed by atoms with Crippen LogP contribution in [0, 0.1) is 24.0 Å². The second-order valence-corrected chi connectivity index (χ2v) is 11.4. The van der Waals surface area contributed by atoms with Crippen molar-refractivity contribution >= 4 is 33.4 Å². The molecule has 4 aromatic rings. The van der Waals surface area contributed by atoms with Crippen molar-refractivity contribution in [2.24, 2.45) is 0 Å². The highest BCUT2D eigenvalue weighted by molar-refractivity contribution is 6.02. The zero-order valence-corrected chi connectivity index (χ0v) is 24.7. The van der Waals surface area contributed by atoms with Crippen molar-refractivity contribution in [1.29, 1.82) is 0 Å². The third kappa shape index (κ3) is 5.67. The van der Waals surface area contributed by atoms with Crippen LogP contribution in [0.5, 0.6) is 6.01 Å². The highest BCUT2D eigenvalue weighted by Crippen LogP contribution is 2.37. The van der Waals surface area contributed by atoms with E-state index in [-0.39, 0.29) is 40.8 Å². The van der Waals surface area contributed by atoms with Gasteiger partial charge in [0.05, 0.1) is 10.9 Å². The molecule has 2 atom stereocenters. The maximum absolute atomic E-state index is 16.7. The lowest BCUT2D eigenvalue weighted by molar-refractivity contribution is -0.117. The summed E-state index contributed by atoms with van der Waals surface area (Å²) in [5.74, 6) is 1.41. The van der Waals surface area contributed by atoms with Gasteiger partial charge in [0.15, 0.2) is 5.82 Å². The topological polar surface area (TPSA) is 83.5 Å². The van der Waals surface area contributed by atoms with E-state index in [1.807, 2.05) is 4.90 Å². The van der Waals surface area contributed by atoms with Crippen LogP contribution in [0.15, 0.2) is 49.2 Å². The summed E-state index contributed by atoms with van der Waals surface area (Å²) in [4.78, 5) is 30.3. The van der Waals surface area contributed by atoms with Crippen molar-refractivity contribution in [3.05, 3.63) is 66.4 Å². The number of hydrogen-bond donors (Lipinski definition) is 1. The van der Waals surface area contributed by atoms with Crippen molar-refractivity contribution in [2.75, 3.05) is 38.2 Å². The fourth-order valence-corrected chi connectivity index (χ4v) is 6.28. The summed E-state index contributed by atoms with van der Waals surface area (Å²) in [6, 6.07) is 8.28. The van der Waals surface area contributed by atoms with Crippen LogP contribution in [0.4, 0.5) is 14.6 Å². The standard InChI is InChI=1S/C34H34F2N6O2/c1-4-24-27(35)15-14-21-10-8-13-25(29(21)24)31-30(36)32-26(18-37-31)33(40-34(39-32)44-20-23-12-9-16-41(23)3)42-17-7-6-11-22(19-42)38-28(43)5-2/h1,5,8,10,13-15,18,22-23H,2,6-7,9,11-12,16-17,19-20H2,3H3,(H,38,43)/t22?,23-/m0/s1.